The Balaban J connectivity index is 1.52. The van der Waals surface area contributed by atoms with E-state index in [-0.39, 0.29) is 12.5 Å². The van der Waals surface area contributed by atoms with Crippen LogP contribution in [0, 0.1) is 0 Å². The van der Waals surface area contributed by atoms with Gasteiger partial charge in [0.15, 0.2) is 6.61 Å². The molecule has 0 spiro atoms. The van der Waals surface area contributed by atoms with Crippen molar-refractivity contribution < 1.29 is 14.3 Å². The molecule has 0 saturated carbocycles. The van der Waals surface area contributed by atoms with Gasteiger partial charge in [-0.05, 0) is 22.9 Å². The summed E-state index contributed by atoms with van der Waals surface area (Å²) in [4.78, 5) is 24.9. The highest BCUT2D eigenvalue weighted by atomic mass is 32.2. The first kappa shape index (κ1) is 16.1. The second-order valence-electron chi connectivity index (χ2n) is 4.04. The van der Waals surface area contributed by atoms with Gasteiger partial charge in [0.2, 0.25) is 0 Å². The van der Waals surface area contributed by atoms with Gasteiger partial charge in [0.1, 0.15) is 4.88 Å². The molecule has 2 aromatic heterocycles. The molecular formula is C14H15NO3S3. The second-order valence-corrected chi connectivity index (χ2v) is 7.12. The molecule has 21 heavy (non-hydrogen) atoms. The van der Waals surface area contributed by atoms with E-state index >= 15 is 0 Å². The number of thioether (sulfide) groups is 1. The zero-order chi connectivity index (χ0) is 14.9. The quantitative estimate of drug-likeness (QED) is 0.592. The van der Waals surface area contributed by atoms with E-state index in [0.717, 1.165) is 11.5 Å². The smallest absolute Gasteiger partial charge is 0.348 e. The molecule has 0 aliphatic carbocycles. The third kappa shape index (κ3) is 5.91. The first-order valence-electron chi connectivity index (χ1n) is 6.33. The van der Waals surface area contributed by atoms with E-state index < -0.39 is 5.97 Å². The Hall–Kier alpha value is -1.31. The van der Waals surface area contributed by atoms with E-state index in [4.69, 9.17) is 4.74 Å². The normalized spacial score (nSPS) is 10.3. The Bertz CT molecular complexity index is 552. The zero-order valence-electron chi connectivity index (χ0n) is 11.2. The number of carbonyl (C=O) groups excluding carboxylic acids is 2. The summed E-state index contributed by atoms with van der Waals surface area (Å²) in [6.07, 6.45) is 0. The lowest BCUT2D eigenvalue weighted by Crippen LogP contribution is -2.30. The molecule has 0 atom stereocenters. The van der Waals surface area contributed by atoms with Crippen molar-refractivity contribution in [1.82, 2.24) is 5.32 Å². The zero-order valence-corrected chi connectivity index (χ0v) is 13.7. The molecule has 112 valence electrons. The predicted octanol–water partition coefficient (Wildman–Crippen LogP) is 3.02. The van der Waals surface area contributed by atoms with Crippen molar-refractivity contribution >= 4 is 46.3 Å². The van der Waals surface area contributed by atoms with Gasteiger partial charge in [-0.3, -0.25) is 4.79 Å². The maximum absolute atomic E-state index is 11.5. The van der Waals surface area contributed by atoms with Gasteiger partial charge in [0.05, 0.1) is 0 Å². The van der Waals surface area contributed by atoms with E-state index in [9.17, 15) is 9.59 Å². The van der Waals surface area contributed by atoms with Crippen molar-refractivity contribution in [3.63, 3.8) is 0 Å². The van der Waals surface area contributed by atoms with Gasteiger partial charge in [-0.2, -0.15) is 11.8 Å². The topological polar surface area (TPSA) is 55.4 Å². The van der Waals surface area contributed by atoms with Crippen LogP contribution in [0.1, 0.15) is 14.5 Å². The van der Waals surface area contributed by atoms with Gasteiger partial charge >= 0.3 is 5.97 Å². The molecular weight excluding hydrogens is 326 g/mol. The fourth-order valence-corrected chi connectivity index (χ4v) is 3.79. The molecule has 2 aromatic rings. The van der Waals surface area contributed by atoms with Crippen LogP contribution in [0.5, 0.6) is 0 Å². The summed E-state index contributed by atoms with van der Waals surface area (Å²) >= 11 is 4.79. The summed E-state index contributed by atoms with van der Waals surface area (Å²) in [5.74, 6) is 1.08. The van der Waals surface area contributed by atoms with E-state index in [1.165, 1.54) is 16.2 Å². The highest BCUT2D eigenvalue weighted by Crippen LogP contribution is 2.16. The van der Waals surface area contributed by atoms with Crippen LogP contribution in [-0.2, 0) is 15.3 Å². The van der Waals surface area contributed by atoms with Crippen molar-refractivity contribution in [2.24, 2.45) is 0 Å². The van der Waals surface area contributed by atoms with E-state index in [1.54, 1.807) is 40.6 Å². The van der Waals surface area contributed by atoms with Crippen molar-refractivity contribution in [3.8, 4) is 0 Å². The Labute approximate surface area is 135 Å². The standard InChI is InChI=1S/C14H15NO3S3/c16-13(9-18-14(17)12-4-2-7-21-12)15-5-8-19-10-11-3-1-6-20-11/h1-4,6-7H,5,8-10H2,(H,15,16). The Morgan fingerprint density at radius 1 is 1.19 bits per heavy atom. The minimum absolute atomic E-state index is 0.230. The summed E-state index contributed by atoms with van der Waals surface area (Å²) in [6, 6.07) is 7.57. The fraction of sp³-hybridized carbons (Fsp3) is 0.286. The number of ether oxygens (including phenoxy) is 1. The molecule has 0 aromatic carbocycles. The van der Waals surface area contributed by atoms with Crippen LogP contribution < -0.4 is 5.32 Å². The first-order valence-corrected chi connectivity index (χ1v) is 9.24. The minimum atomic E-state index is -0.452. The molecule has 2 heterocycles. The first-order chi connectivity index (χ1) is 10.3. The number of carbonyl (C=O) groups is 2. The van der Waals surface area contributed by atoms with Gasteiger partial charge in [-0.15, -0.1) is 22.7 Å². The van der Waals surface area contributed by atoms with Crippen LogP contribution in [0.15, 0.2) is 35.0 Å². The van der Waals surface area contributed by atoms with Crippen molar-refractivity contribution in [1.29, 1.82) is 0 Å². The molecule has 0 unspecified atom stereocenters. The van der Waals surface area contributed by atoms with Crippen molar-refractivity contribution in [3.05, 3.63) is 44.8 Å². The SMILES string of the molecule is O=C(COC(=O)c1cccs1)NCCSCc1cccs1. The Morgan fingerprint density at radius 2 is 2.00 bits per heavy atom. The summed E-state index contributed by atoms with van der Waals surface area (Å²) in [6.45, 7) is 0.345. The van der Waals surface area contributed by atoms with Crippen LogP contribution in [0.3, 0.4) is 0 Å². The largest absolute Gasteiger partial charge is 0.451 e. The molecule has 4 nitrogen and oxygen atoms in total. The van der Waals surface area contributed by atoms with Gasteiger partial charge < -0.3 is 10.1 Å². The number of thiophene rings is 2. The van der Waals surface area contributed by atoms with Crippen LogP contribution >= 0.6 is 34.4 Å². The van der Waals surface area contributed by atoms with Gasteiger partial charge in [0.25, 0.3) is 5.91 Å². The molecule has 0 aliphatic heterocycles. The monoisotopic (exact) mass is 341 g/mol. The summed E-state index contributed by atoms with van der Waals surface area (Å²) < 4.78 is 4.92. The molecule has 1 N–H and O–H groups in total. The van der Waals surface area contributed by atoms with E-state index in [0.29, 0.717) is 11.4 Å². The fourth-order valence-electron chi connectivity index (χ4n) is 1.48. The minimum Gasteiger partial charge on any atom is -0.451 e. The summed E-state index contributed by atoms with van der Waals surface area (Å²) in [5.41, 5.74) is 0. The van der Waals surface area contributed by atoms with E-state index in [1.807, 2.05) is 6.07 Å². The van der Waals surface area contributed by atoms with Crippen molar-refractivity contribution in [2.75, 3.05) is 18.9 Å². The highest BCUT2D eigenvalue weighted by Gasteiger charge is 2.10. The van der Waals surface area contributed by atoms with Gasteiger partial charge in [-0.1, -0.05) is 12.1 Å². The summed E-state index contributed by atoms with van der Waals surface area (Å²) in [5, 5.41) is 6.58. The number of esters is 1. The molecule has 0 saturated heterocycles. The average molecular weight is 341 g/mol. The molecule has 0 bridgehead atoms. The number of hydrogen-bond donors (Lipinski definition) is 1. The summed E-state index contributed by atoms with van der Waals surface area (Å²) in [7, 11) is 0. The molecule has 1 amide bonds. The molecule has 0 aliphatic rings. The Morgan fingerprint density at radius 3 is 2.71 bits per heavy atom. The van der Waals surface area contributed by atoms with Crippen molar-refractivity contribution in [2.45, 2.75) is 5.75 Å². The van der Waals surface area contributed by atoms with Crippen LogP contribution in [0.4, 0.5) is 0 Å². The van der Waals surface area contributed by atoms with Gasteiger partial charge in [0, 0.05) is 22.9 Å². The number of rotatable bonds is 8. The predicted molar refractivity (Wildman–Crippen MR) is 88.1 cm³/mol. The third-order valence-corrected chi connectivity index (χ3v) is 5.37. The molecule has 7 heteroatoms. The van der Waals surface area contributed by atoms with E-state index in [2.05, 4.69) is 16.8 Å². The maximum Gasteiger partial charge on any atom is 0.348 e. The number of nitrogens with one attached hydrogen (secondary N) is 1. The maximum atomic E-state index is 11.5. The van der Waals surface area contributed by atoms with Gasteiger partial charge in [-0.25, -0.2) is 4.79 Å². The lowest BCUT2D eigenvalue weighted by molar-refractivity contribution is -0.124. The lowest BCUT2D eigenvalue weighted by Gasteiger charge is -2.05. The molecule has 0 radical (unpaired) electrons. The molecule has 2 rings (SSSR count). The highest BCUT2D eigenvalue weighted by molar-refractivity contribution is 7.98. The van der Waals surface area contributed by atoms with Crippen LogP contribution in [0.25, 0.3) is 0 Å². The second kappa shape index (κ2) is 8.86. The average Bonchev–Trinajstić information content (AvgIpc) is 3.17. The van der Waals surface area contributed by atoms with Crippen LogP contribution in [0.2, 0.25) is 0 Å². The Kier molecular flexibility index (Phi) is 6.78. The number of hydrogen-bond acceptors (Lipinski definition) is 6. The number of amides is 1. The lowest BCUT2D eigenvalue weighted by atomic mass is 10.5. The molecule has 0 fully saturated rings. The third-order valence-electron chi connectivity index (χ3n) is 2.45. The van der Waals surface area contributed by atoms with Crippen LogP contribution in [-0.4, -0.2) is 30.8 Å².